The largest absolute Gasteiger partial charge is 0.481 e. The van der Waals surface area contributed by atoms with Crippen LogP contribution in [0.15, 0.2) is 71.8 Å². The van der Waals surface area contributed by atoms with Crippen molar-refractivity contribution >= 4 is 23.4 Å². The summed E-state index contributed by atoms with van der Waals surface area (Å²) >= 11 is 0. The van der Waals surface area contributed by atoms with Crippen molar-refractivity contribution in [2.45, 2.75) is 12.3 Å². The number of anilines is 1. The lowest BCUT2D eigenvalue weighted by atomic mass is 9.98. The molecule has 0 heterocycles. The number of benzene rings is 3. The Bertz CT molecular complexity index is 1170. The molecule has 1 aliphatic rings. The molecule has 1 amide bonds. The lowest BCUT2D eigenvalue weighted by Crippen LogP contribution is -2.18. The van der Waals surface area contributed by atoms with E-state index in [0.29, 0.717) is 11.3 Å². The van der Waals surface area contributed by atoms with E-state index in [1.54, 1.807) is 0 Å². The topological polar surface area (TPSA) is 124 Å². The second-order valence-corrected chi connectivity index (χ2v) is 7.10. The molecule has 2 N–H and O–H groups in total. The maximum Gasteiger partial charge on any atom is 0.411 e. The standard InChI is InChI=1S/C23H18N4O4/c24-27-26-16-10-14(11-22(28)29)9-15(12-16)25-23(30)31-13-21-19-7-3-1-5-17(19)18-6-2-4-8-20(18)21/h1-10,12,21H,11,13H2,(H,25,30)(H,28,29). The molecule has 0 saturated carbocycles. The van der Waals surface area contributed by atoms with Gasteiger partial charge in [-0.1, -0.05) is 53.6 Å². The van der Waals surface area contributed by atoms with E-state index in [9.17, 15) is 9.59 Å². The zero-order valence-corrected chi connectivity index (χ0v) is 16.4. The first kappa shape index (κ1) is 20.0. The Kier molecular flexibility index (Phi) is 5.55. The first-order valence-corrected chi connectivity index (χ1v) is 9.58. The van der Waals surface area contributed by atoms with Gasteiger partial charge in [0.05, 0.1) is 6.42 Å². The van der Waals surface area contributed by atoms with Crippen LogP contribution in [0.5, 0.6) is 0 Å². The summed E-state index contributed by atoms with van der Waals surface area (Å²) in [4.78, 5) is 26.2. The summed E-state index contributed by atoms with van der Waals surface area (Å²) in [5, 5.41) is 15.1. The predicted molar refractivity (Wildman–Crippen MR) is 115 cm³/mol. The van der Waals surface area contributed by atoms with Gasteiger partial charge in [-0.2, -0.15) is 0 Å². The average Bonchev–Trinajstić information content (AvgIpc) is 3.06. The first-order valence-electron chi connectivity index (χ1n) is 9.58. The molecule has 0 atom stereocenters. The van der Waals surface area contributed by atoms with Crippen LogP contribution in [0.2, 0.25) is 0 Å². The SMILES string of the molecule is [N-]=[N+]=Nc1cc(CC(=O)O)cc(NC(=O)OCC2c3ccccc3-c3ccccc32)c1. The molecule has 0 saturated heterocycles. The first-order chi connectivity index (χ1) is 15.0. The molecule has 3 aromatic rings. The van der Waals surface area contributed by atoms with E-state index in [2.05, 4.69) is 27.5 Å². The van der Waals surface area contributed by atoms with Crippen LogP contribution in [-0.2, 0) is 16.0 Å². The van der Waals surface area contributed by atoms with Crippen LogP contribution in [0.25, 0.3) is 21.6 Å². The molecule has 0 radical (unpaired) electrons. The third-order valence-electron chi connectivity index (χ3n) is 5.08. The molecule has 0 bridgehead atoms. The summed E-state index contributed by atoms with van der Waals surface area (Å²) < 4.78 is 5.49. The Morgan fingerprint density at radius 1 is 1.03 bits per heavy atom. The molecular weight excluding hydrogens is 396 g/mol. The minimum atomic E-state index is -1.04. The number of nitrogens with one attached hydrogen (secondary N) is 1. The van der Waals surface area contributed by atoms with Gasteiger partial charge in [0.2, 0.25) is 0 Å². The molecule has 0 aromatic heterocycles. The van der Waals surface area contributed by atoms with Gasteiger partial charge in [-0.15, -0.1) is 0 Å². The van der Waals surface area contributed by atoms with E-state index >= 15 is 0 Å². The summed E-state index contributed by atoms with van der Waals surface area (Å²) in [6, 6.07) is 20.5. The van der Waals surface area contributed by atoms with Crippen molar-refractivity contribution in [1.82, 2.24) is 0 Å². The number of carboxylic acid groups (broad SMARTS) is 1. The molecule has 154 valence electrons. The van der Waals surface area contributed by atoms with Crippen LogP contribution >= 0.6 is 0 Å². The molecule has 0 fully saturated rings. The number of carbonyl (C=O) groups excluding carboxylic acids is 1. The van der Waals surface area contributed by atoms with E-state index in [4.69, 9.17) is 15.4 Å². The van der Waals surface area contributed by atoms with Crippen molar-refractivity contribution < 1.29 is 19.4 Å². The second-order valence-electron chi connectivity index (χ2n) is 7.10. The molecule has 1 aliphatic carbocycles. The lowest BCUT2D eigenvalue weighted by Gasteiger charge is -2.15. The fraction of sp³-hybridized carbons (Fsp3) is 0.130. The molecule has 8 nitrogen and oxygen atoms in total. The van der Waals surface area contributed by atoms with Gasteiger partial charge in [-0.25, -0.2) is 4.79 Å². The van der Waals surface area contributed by atoms with E-state index in [1.807, 2.05) is 36.4 Å². The van der Waals surface area contributed by atoms with E-state index in [0.717, 1.165) is 22.3 Å². The van der Waals surface area contributed by atoms with Crippen molar-refractivity contribution in [2.24, 2.45) is 5.11 Å². The fourth-order valence-electron chi connectivity index (χ4n) is 3.88. The Labute approximate surface area is 177 Å². The minimum absolute atomic E-state index is 0.0738. The summed E-state index contributed by atoms with van der Waals surface area (Å²) in [6.07, 6.45) is -0.949. The summed E-state index contributed by atoms with van der Waals surface area (Å²) in [7, 11) is 0. The number of aliphatic carboxylic acids is 1. The summed E-state index contributed by atoms with van der Waals surface area (Å²) in [5.41, 5.74) is 14.0. The zero-order valence-electron chi connectivity index (χ0n) is 16.4. The number of amides is 1. The van der Waals surface area contributed by atoms with Gasteiger partial charge < -0.3 is 9.84 Å². The van der Waals surface area contributed by atoms with Gasteiger partial charge in [0.1, 0.15) is 6.61 Å². The lowest BCUT2D eigenvalue weighted by molar-refractivity contribution is -0.136. The van der Waals surface area contributed by atoms with Gasteiger partial charge in [-0.05, 0) is 51.5 Å². The van der Waals surface area contributed by atoms with E-state index in [1.165, 1.54) is 18.2 Å². The highest BCUT2D eigenvalue weighted by Crippen LogP contribution is 2.44. The number of carbonyl (C=O) groups is 2. The van der Waals surface area contributed by atoms with Crippen LogP contribution in [0.1, 0.15) is 22.6 Å². The number of ether oxygens (including phenoxy) is 1. The predicted octanol–water partition coefficient (Wildman–Crippen LogP) is 5.62. The van der Waals surface area contributed by atoms with Crippen molar-refractivity contribution in [1.29, 1.82) is 0 Å². The Morgan fingerprint density at radius 2 is 1.68 bits per heavy atom. The maximum atomic E-state index is 12.4. The minimum Gasteiger partial charge on any atom is -0.481 e. The third kappa shape index (κ3) is 4.34. The van der Waals surface area contributed by atoms with Crippen LogP contribution in [0, 0.1) is 0 Å². The highest BCUT2D eigenvalue weighted by molar-refractivity contribution is 5.86. The van der Waals surface area contributed by atoms with Crippen LogP contribution in [-0.4, -0.2) is 23.8 Å². The van der Waals surface area contributed by atoms with Gasteiger partial charge in [0.15, 0.2) is 0 Å². The Balaban J connectivity index is 1.50. The number of rotatable bonds is 6. The Hall–Kier alpha value is -4.29. The van der Waals surface area contributed by atoms with Crippen LogP contribution in [0.4, 0.5) is 16.2 Å². The molecule has 0 aliphatic heterocycles. The molecule has 0 spiro atoms. The second kappa shape index (κ2) is 8.61. The van der Waals surface area contributed by atoms with E-state index < -0.39 is 12.1 Å². The van der Waals surface area contributed by atoms with Crippen molar-refractivity contribution in [3.8, 4) is 11.1 Å². The van der Waals surface area contributed by atoms with Gasteiger partial charge in [-0.3, -0.25) is 10.1 Å². The fourth-order valence-corrected chi connectivity index (χ4v) is 3.88. The molecular formula is C23H18N4O4. The van der Waals surface area contributed by atoms with Crippen molar-refractivity contribution in [2.75, 3.05) is 11.9 Å². The third-order valence-corrected chi connectivity index (χ3v) is 5.08. The molecule has 0 unspecified atom stereocenters. The van der Waals surface area contributed by atoms with Gasteiger partial charge >= 0.3 is 12.1 Å². The summed E-state index contributed by atoms with van der Waals surface area (Å²) in [6.45, 7) is 0.151. The number of nitrogens with zero attached hydrogens (tertiary/aromatic N) is 3. The molecule has 3 aromatic carbocycles. The van der Waals surface area contributed by atoms with Crippen molar-refractivity contribution in [3.63, 3.8) is 0 Å². The molecule has 8 heteroatoms. The normalized spacial score (nSPS) is 11.7. The van der Waals surface area contributed by atoms with E-state index in [-0.39, 0.29) is 24.6 Å². The summed E-state index contributed by atoms with van der Waals surface area (Å²) in [5.74, 6) is -1.11. The molecule has 31 heavy (non-hydrogen) atoms. The quantitative estimate of drug-likeness (QED) is 0.309. The van der Waals surface area contributed by atoms with Gasteiger partial charge in [0, 0.05) is 22.2 Å². The number of fused-ring (bicyclic) bond motifs is 3. The number of carboxylic acids is 1. The average molecular weight is 414 g/mol. The van der Waals surface area contributed by atoms with Gasteiger partial charge in [0.25, 0.3) is 0 Å². The monoisotopic (exact) mass is 414 g/mol. The smallest absolute Gasteiger partial charge is 0.411 e. The zero-order chi connectivity index (χ0) is 21.8. The maximum absolute atomic E-state index is 12.4. The number of hydrogen-bond donors (Lipinski definition) is 2. The number of hydrogen-bond acceptors (Lipinski definition) is 4. The highest BCUT2D eigenvalue weighted by atomic mass is 16.5. The highest BCUT2D eigenvalue weighted by Gasteiger charge is 2.29. The molecule has 4 rings (SSSR count). The Morgan fingerprint density at radius 3 is 2.29 bits per heavy atom. The number of azide groups is 1. The van der Waals surface area contributed by atoms with Crippen LogP contribution < -0.4 is 5.32 Å². The van der Waals surface area contributed by atoms with Crippen molar-refractivity contribution in [3.05, 3.63) is 93.9 Å². The van der Waals surface area contributed by atoms with Crippen LogP contribution in [0.3, 0.4) is 0 Å².